The molecule has 12 nitrogen and oxygen atoms in total. The van der Waals surface area contributed by atoms with Crippen molar-refractivity contribution in [3.8, 4) is 5.75 Å². The van der Waals surface area contributed by atoms with Crippen molar-refractivity contribution in [2.75, 3.05) is 12.4 Å². The van der Waals surface area contributed by atoms with E-state index in [1.165, 1.54) is 24.3 Å². The van der Waals surface area contributed by atoms with Crippen molar-refractivity contribution >= 4 is 63.3 Å². The highest BCUT2D eigenvalue weighted by Gasteiger charge is 2.26. The number of hydrogen-bond acceptors (Lipinski definition) is 9. The van der Waals surface area contributed by atoms with Crippen LogP contribution in [-0.4, -0.2) is 45.0 Å². The van der Waals surface area contributed by atoms with Gasteiger partial charge in [0.15, 0.2) is 0 Å². The average Bonchev–Trinajstić information content (AvgIpc) is 2.90. The smallest absolute Gasteiger partial charge is 0.328 e. The number of rotatable bonds is 8. The van der Waals surface area contributed by atoms with Crippen LogP contribution in [0.25, 0.3) is 10.9 Å². The molecule has 1 atom stereocenters. The molecule has 0 aliphatic rings. The Labute approximate surface area is 229 Å². The average molecular weight is 572 g/mol. The number of non-ortho nitro benzene ring substituents is 1. The number of carbonyl (C=O) groups excluding carboxylic acids is 2. The maximum atomic E-state index is 13.4. The number of amides is 1. The maximum absolute atomic E-state index is 13.4. The number of H-pyrrole nitrogens is 1. The first-order valence-corrected chi connectivity index (χ1v) is 11.9. The predicted molar refractivity (Wildman–Crippen MR) is 144 cm³/mol. The Morgan fingerprint density at radius 1 is 1.13 bits per heavy atom. The predicted octanol–water partition coefficient (Wildman–Crippen LogP) is 4.10. The minimum atomic E-state index is -1.20. The summed E-state index contributed by atoms with van der Waals surface area (Å²) in [5, 5.41) is 26.7. The second-order valence-electron chi connectivity index (χ2n) is 8.23. The second kappa shape index (κ2) is 11.4. The number of fused-ring (bicyclic) bond motifs is 1. The molecule has 0 radical (unpaired) electrons. The topological polar surface area (TPSA) is 177 Å². The lowest BCUT2D eigenvalue weighted by Gasteiger charge is -2.17. The number of nitro groups is 1. The van der Waals surface area contributed by atoms with Gasteiger partial charge in [-0.3, -0.25) is 24.7 Å². The van der Waals surface area contributed by atoms with Gasteiger partial charge in [-0.2, -0.15) is 0 Å². The molecule has 3 aromatic carbocycles. The number of benzene rings is 3. The maximum Gasteiger partial charge on any atom is 0.328 e. The van der Waals surface area contributed by atoms with Crippen molar-refractivity contribution in [3.63, 3.8) is 0 Å². The van der Waals surface area contributed by atoms with E-state index in [4.69, 9.17) is 27.9 Å². The van der Waals surface area contributed by atoms with Crippen LogP contribution in [0, 0.1) is 10.1 Å². The number of nitrogens with zero attached hydrogens (tertiary/aromatic N) is 2. The summed E-state index contributed by atoms with van der Waals surface area (Å²) in [5.41, 5.74) is -0.749. The molecule has 4 N–H and O–H groups in total. The lowest BCUT2D eigenvalue weighted by atomic mass is 10.0. The molecule has 14 heteroatoms. The van der Waals surface area contributed by atoms with Crippen LogP contribution >= 0.6 is 23.2 Å². The number of anilines is 2. The molecular formula is C25H19Cl2N5O7. The van der Waals surface area contributed by atoms with E-state index in [2.05, 4.69) is 20.6 Å². The Morgan fingerprint density at radius 3 is 2.49 bits per heavy atom. The first-order valence-electron chi connectivity index (χ1n) is 11.2. The number of aromatic amines is 1. The van der Waals surface area contributed by atoms with Gasteiger partial charge >= 0.3 is 5.97 Å². The molecule has 4 rings (SSSR count). The highest BCUT2D eigenvalue weighted by molar-refractivity contribution is 6.42. The van der Waals surface area contributed by atoms with Crippen LogP contribution in [0.5, 0.6) is 5.75 Å². The van der Waals surface area contributed by atoms with Gasteiger partial charge in [0.25, 0.3) is 17.2 Å². The van der Waals surface area contributed by atoms with Crippen molar-refractivity contribution in [1.29, 1.82) is 0 Å². The number of hydrogen-bond donors (Lipinski definition) is 4. The number of methoxy groups -OCH3 is 1. The van der Waals surface area contributed by atoms with Gasteiger partial charge in [0, 0.05) is 24.2 Å². The number of nitrogens with one attached hydrogen (secondary N) is 3. The molecule has 0 fully saturated rings. The van der Waals surface area contributed by atoms with Gasteiger partial charge in [0.2, 0.25) is 5.95 Å². The molecule has 0 aliphatic carbocycles. The number of esters is 1. The number of nitro benzene ring substituents is 1. The number of phenolic OH excluding ortho intramolecular Hbond substituents is 1. The molecule has 1 heterocycles. The Balaban J connectivity index is 1.75. The monoisotopic (exact) mass is 571 g/mol. The van der Waals surface area contributed by atoms with E-state index in [-0.39, 0.29) is 39.6 Å². The van der Waals surface area contributed by atoms with E-state index in [1.807, 2.05) is 0 Å². The third-order valence-corrected chi connectivity index (χ3v) is 6.34. The van der Waals surface area contributed by atoms with Gasteiger partial charge in [-0.1, -0.05) is 35.3 Å². The minimum Gasteiger partial charge on any atom is -0.508 e. The zero-order chi connectivity index (χ0) is 28.3. The number of carbonyl (C=O) groups is 2. The molecular weight excluding hydrogens is 553 g/mol. The van der Waals surface area contributed by atoms with Gasteiger partial charge in [-0.05, 0) is 35.9 Å². The van der Waals surface area contributed by atoms with E-state index >= 15 is 0 Å². The quantitative estimate of drug-likeness (QED) is 0.138. The summed E-state index contributed by atoms with van der Waals surface area (Å²) in [6.07, 6.45) is -0.0102. The molecule has 0 aliphatic heterocycles. The van der Waals surface area contributed by atoms with E-state index in [0.29, 0.717) is 16.3 Å². The highest BCUT2D eigenvalue weighted by atomic mass is 35.5. The van der Waals surface area contributed by atoms with Crippen molar-refractivity contribution < 1.29 is 24.4 Å². The van der Waals surface area contributed by atoms with E-state index in [1.54, 1.807) is 18.2 Å². The summed E-state index contributed by atoms with van der Waals surface area (Å²) in [6, 6.07) is 11.3. The first kappa shape index (κ1) is 27.4. The van der Waals surface area contributed by atoms with Crippen LogP contribution in [0.2, 0.25) is 10.0 Å². The summed E-state index contributed by atoms with van der Waals surface area (Å²) in [4.78, 5) is 56.3. The molecule has 0 unspecified atom stereocenters. The van der Waals surface area contributed by atoms with Crippen molar-refractivity contribution in [3.05, 3.63) is 96.2 Å². The zero-order valence-corrected chi connectivity index (χ0v) is 21.5. The zero-order valence-electron chi connectivity index (χ0n) is 20.0. The Hall–Kier alpha value is -4.68. The van der Waals surface area contributed by atoms with Gasteiger partial charge in [-0.25, -0.2) is 9.78 Å². The highest BCUT2D eigenvalue weighted by Crippen LogP contribution is 2.27. The number of aromatic nitrogens is 2. The summed E-state index contributed by atoms with van der Waals surface area (Å²) in [6.45, 7) is 0. The number of ether oxygens (including phenoxy) is 1. The third-order valence-electron chi connectivity index (χ3n) is 5.60. The summed E-state index contributed by atoms with van der Waals surface area (Å²) in [5.74, 6) is -1.75. The fraction of sp³-hybridized carbons (Fsp3) is 0.120. The Kier molecular flexibility index (Phi) is 7.98. The number of phenols is 1. The van der Waals surface area contributed by atoms with E-state index in [0.717, 1.165) is 19.2 Å². The molecule has 4 aromatic rings. The molecule has 200 valence electrons. The van der Waals surface area contributed by atoms with Crippen LogP contribution in [0.1, 0.15) is 15.9 Å². The summed E-state index contributed by atoms with van der Waals surface area (Å²) >= 11 is 12.0. The Morgan fingerprint density at radius 2 is 1.85 bits per heavy atom. The van der Waals surface area contributed by atoms with Gasteiger partial charge < -0.3 is 20.5 Å². The minimum absolute atomic E-state index is 0.0102. The molecule has 1 amide bonds. The lowest BCUT2D eigenvalue weighted by molar-refractivity contribution is -0.384. The van der Waals surface area contributed by atoms with Crippen LogP contribution in [-0.2, 0) is 16.0 Å². The van der Waals surface area contributed by atoms with Crippen molar-refractivity contribution in [1.82, 2.24) is 15.3 Å². The second-order valence-corrected chi connectivity index (χ2v) is 9.05. The molecule has 0 saturated carbocycles. The molecule has 0 bridgehead atoms. The third kappa shape index (κ3) is 6.25. The SMILES string of the molecule is COC(=O)[C@@H](Cc1ccc(O)cc1)NC(=O)c1cc([N+](=O)[O-])cc2c(=O)[nH]c(Nc3ccc(Cl)c(Cl)c3)nc12. The molecule has 39 heavy (non-hydrogen) atoms. The van der Waals surface area contributed by atoms with Crippen LogP contribution in [0.15, 0.2) is 59.4 Å². The van der Waals surface area contributed by atoms with Gasteiger partial charge in [0.05, 0.1) is 38.5 Å². The van der Waals surface area contributed by atoms with Crippen LogP contribution < -0.4 is 16.2 Å². The van der Waals surface area contributed by atoms with Crippen molar-refractivity contribution in [2.24, 2.45) is 0 Å². The number of halogens is 2. The fourth-order valence-electron chi connectivity index (χ4n) is 3.71. The van der Waals surface area contributed by atoms with E-state index < -0.39 is 34.1 Å². The molecule has 0 spiro atoms. The number of aromatic hydroxyl groups is 1. The van der Waals surface area contributed by atoms with Crippen LogP contribution in [0.3, 0.4) is 0 Å². The standard InChI is InChI=1S/C25H19Cl2N5O7/c1-39-24(36)20(8-12-2-5-15(33)6-3-12)29-22(34)16-10-14(32(37)38)11-17-21(16)30-25(31-23(17)35)28-13-4-7-18(26)19(27)9-13/h2-7,9-11,20,33H,8H2,1H3,(H,29,34)(H2,28,30,31,35)/t20-/m1/s1. The van der Waals surface area contributed by atoms with Gasteiger partial charge in [0.1, 0.15) is 11.8 Å². The van der Waals surface area contributed by atoms with Crippen molar-refractivity contribution in [2.45, 2.75) is 12.5 Å². The normalized spacial score (nSPS) is 11.6. The van der Waals surface area contributed by atoms with Gasteiger partial charge in [-0.15, -0.1) is 0 Å². The summed E-state index contributed by atoms with van der Waals surface area (Å²) in [7, 11) is 1.14. The molecule has 0 saturated heterocycles. The lowest BCUT2D eigenvalue weighted by Crippen LogP contribution is -2.43. The Bertz CT molecular complexity index is 1660. The van der Waals surface area contributed by atoms with Crippen LogP contribution in [0.4, 0.5) is 17.3 Å². The molecule has 1 aromatic heterocycles. The fourth-order valence-corrected chi connectivity index (χ4v) is 4.01. The van der Waals surface area contributed by atoms with E-state index in [9.17, 15) is 29.6 Å². The summed E-state index contributed by atoms with van der Waals surface area (Å²) < 4.78 is 4.81. The first-order chi connectivity index (χ1) is 18.5. The largest absolute Gasteiger partial charge is 0.508 e.